The van der Waals surface area contributed by atoms with Gasteiger partial charge in [-0.3, -0.25) is 14.2 Å². The monoisotopic (exact) mass is 351 g/mol. The zero-order valence-electron chi connectivity index (χ0n) is 13.9. The summed E-state index contributed by atoms with van der Waals surface area (Å²) >= 11 is 1.20. The number of carbonyl (C=O) groups excluding carboxylic acids is 2. The second-order valence-corrected chi connectivity index (χ2v) is 6.67. The molecule has 0 saturated carbocycles. The van der Waals surface area contributed by atoms with Crippen molar-refractivity contribution < 1.29 is 14.0 Å². The van der Waals surface area contributed by atoms with Crippen LogP contribution >= 0.6 is 11.8 Å². The lowest BCUT2D eigenvalue weighted by molar-refractivity contribution is -0.119. The zero-order valence-corrected chi connectivity index (χ0v) is 14.7. The number of primary amides is 1. The van der Waals surface area contributed by atoms with E-state index in [2.05, 4.69) is 15.5 Å². The molecule has 3 N–H and O–H groups in total. The largest absolute Gasteiger partial charge is 0.461 e. The molecular formula is C15H21N5O3S. The fraction of sp³-hybridized carbons (Fsp3) is 0.467. The van der Waals surface area contributed by atoms with Crippen LogP contribution in [0.2, 0.25) is 0 Å². The number of hydrogen-bond acceptors (Lipinski definition) is 6. The minimum absolute atomic E-state index is 0.0836. The lowest BCUT2D eigenvalue weighted by Crippen LogP contribution is -2.37. The van der Waals surface area contributed by atoms with Gasteiger partial charge in [-0.25, -0.2) is 0 Å². The Morgan fingerprint density at radius 1 is 1.38 bits per heavy atom. The SMILES string of the molecule is CC(C)[C@@H](C)NC(=O)CSc1nnc(-c2ccco2)n1CC(N)=O. The van der Waals surface area contributed by atoms with E-state index in [1.807, 2.05) is 20.8 Å². The van der Waals surface area contributed by atoms with Crippen LogP contribution in [-0.4, -0.2) is 38.4 Å². The average Bonchev–Trinajstić information content (AvgIpc) is 3.14. The van der Waals surface area contributed by atoms with Crippen molar-refractivity contribution in [1.82, 2.24) is 20.1 Å². The molecule has 0 fully saturated rings. The molecule has 0 aromatic carbocycles. The van der Waals surface area contributed by atoms with Crippen LogP contribution in [0.4, 0.5) is 0 Å². The summed E-state index contributed by atoms with van der Waals surface area (Å²) in [6, 6.07) is 3.51. The third-order valence-electron chi connectivity index (χ3n) is 3.49. The van der Waals surface area contributed by atoms with E-state index in [0.717, 1.165) is 0 Å². The molecule has 2 heterocycles. The van der Waals surface area contributed by atoms with Crippen LogP contribution in [0.5, 0.6) is 0 Å². The van der Waals surface area contributed by atoms with Gasteiger partial charge < -0.3 is 15.5 Å². The number of furan rings is 1. The molecular weight excluding hydrogens is 330 g/mol. The van der Waals surface area contributed by atoms with E-state index in [0.29, 0.717) is 22.7 Å². The Balaban J connectivity index is 2.10. The van der Waals surface area contributed by atoms with Gasteiger partial charge in [0.2, 0.25) is 17.6 Å². The number of nitrogens with two attached hydrogens (primary N) is 1. The third-order valence-corrected chi connectivity index (χ3v) is 4.46. The highest BCUT2D eigenvalue weighted by Crippen LogP contribution is 2.24. The number of nitrogens with zero attached hydrogens (tertiary/aromatic N) is 3. The highest BCUT2D eigenvalue weighted by atomic mass is 32.2. The molecule has 2 aromatic heterocycles. The van der Waals surface area contributed by atoms with E-state index in [9.17, 15) is 9.59 Å². The Hall–Kier alpha value is -2.29. The van der Waals surface area contributed by atoms with Crippen molar-refractivity contribution in [3.63, 3.8) is 0 Å². The molecule has 0 aliphatic carbocycles. The Kier molecular flexibility index (Phi) is 6.02. The molecule has 2 rings (SSSR count). The molecule has 0 aliphatic heterocycles. The lowest BCUT2D eigenvalue weighted by atomic mass is 10.1. The maximum Gasteiger partial charge on any atom is 0.237 e. The van der Waals surface area contributed by atoms with Gasteiger partial charge in [-0.2, -0.15) is 0 Å². The first-order valence-corrected chi connectivity index (χ1v) is 8.54. The zero-order chi connectivity index (χ0) is 17.7. The molecule has 0 spiro atoms. The van der Waals surface area contributed by atoms with E-state index in [4.69, 9.17) is 10.2 Å². The summed E-state index contributed by atoms with van der Waals surface area (Å²) < 4.78 is 6.84. The first-order chi connectivity index (χ1) is 11.4. The van der Waals surface area contributed by atoms with Crippen molar-refractivity contribution in [2.24, 2.45) is 11.7 Å². The van der Waals surface area contributed by atoms with E-state index >= 15 is 0 Å². The number of nitrogens with one attached hydrogen (secondary N) is 1. The summed E-state index contributed by atoms with van der Waals surface area (Å²) in [6.07, 6.45) is 1.51. The summed E-state index contributed by atoms with van der Waals surface area (Å²) in [6.45, 7) is 5.95. The summed E-state index contributed by atoms with van der Waals surface area (Å²) in [5.41, 5.74) is 5.30. The summed E-state index contributed by atoms with van der Waals surface area (Å²) in [5.74, 6) is 0.775. The predicted octanol–water partition coefficient (Wildman–Crippen LogP) is 1.28. The molecule has 0 saturated heterocycles. The van der Waals surface area contributed by atoms with Crippen molar-refractivity contribution in [2.75, 3.05) is 5.75 Å². The van der Waals surface area contributed by atoms with Crippen LogP contribution < -0.4 is 11.1 Å². The highest BCUT2D eigenvalue weighted by Gasteiger charge is 2.19. The van der Waals surface area contributed by atoms with Gasteiger partial charge >= 0.3 is 0 Å². The van der Waals surface area contributed by atoms with Crippen molar-refractivity contribution in [3.05, 3.63) is 18.4 Å². The molecule has 1 atom stereocenters. The van der Waals surface area contributed by atoms with Crippen molar-refractivity contribution in [2.45, 2.75) is 38.5 Å². The number of aromatic nitrogens is 3. The summed E-state index contributed by atoms with van der Waals surface area (Å²) in [7, 11) is 0. The van der Waals surface area contributed by atoms with Gasteiger partial charge in [-0.15, -0.1) is 10.2 Å². The van der Waals surface area contributed by atoms with Crippen molar-refractivity contribution in [3.8, 4) is 11.6 Å². The topological polar surface area (TPSA) is 116 Å². The number of hydrogen-bond donors (Lipinski definition) is 2. The molecule has 0 radical (unpaired) electrons. The predicted molar refractivity (Wildman–Crippen MR) is 90.1 cm³/mol. The minimum Gasteiger partial charge on any atom is -0.461 e. The Labute approximate surface area is 144 Å². The maximum absolute atomic E-state index is 12.0. The Morgan fingerprint density at radius 3 is 2.71 bits per heavy atom. The second-order valence-electron chi connectivity index (χ2n) is 5.72. The molecule has 24 heavy (non-hydrogen) atoms. The highest BCUT2D eigenvalue weighted by molar-refractivity contribution is 7.99. The molecule has 130 valence electrons. The maximum atomic E-state index is 12.0. The van der Waals surface area contributed by atoms with Gasteiger partial charge in [0.1, 0.15) is 6.54 Å². The van der Waals surface area contributed by atoms with E-state index in [1.165, 1.54) is 18.0 Å². The van der Waals surface area contributed by atoms with E-state index in [1.54, 1.807) is 16.7 Å². The number of rotatable bonds is 8. The third kappa shape index (κ3) is 4.60. The van der Waals surface area contributed by atoms with Crippen LogP contribution in [0.15, 0.2) is 28.0 Å². The molecule has 0 bridgehead atoms. The number of carbonyl (C=O) groups is 2. The quantitative estimate of drug-likeness (QED) is 0.692. The summed E-state index contributed by atoms with van der Waals surface area (Å²) in [4.78, 5) is 23.3. The first-order valence-electron chi connectivity index (χ1n) is 7.56. The van der Waals surface area contributed by atoms with Crippen molar-refractivity contribution in [1.29, 1.82) is 0 Å². The molecule has 8 nitrogen and oxygen atoms in total. The van der Waals surface area contributed by atoms with Crippen LogP contribution in [-0.2, 0) is 16.1 Å². The van der Waals surface area contributed by atoms with E-state index < -0.39 is 5.91 Å². The van der Waals surface area contributed by atoms with Gasteiger partial charge in [0.15, 0.2) is 10.9 Å². The van der Waals surface area contributed by atoms with Gasteiger partial charge in [-0.1, -0.05) is 25.6 Å². The van der Waals surface area contributed by atoms with Crippen LogP contribution in [0, 0.1) is 5.92 Å². The normalized spacial score (nSPS) is 12.3. The van der Waals surface area contributed by atoms with Gasteiger partial charge in [0.25, 0.3) is 0 Å². The van der Waals surface area contributed by atoms with Gasteiger partial charge in [0.05, 0.1) is 12.0 Å². The molecule has 9 heteroatoms. The van der Waals surface area contributed by atoms with Crippen LogP contribution in [0.3, 0.4) is 0 Å². The first kappa shape index (κ1) is 18.1. The molecule has 0 aliphatic rings. The standard InChI is InChI=1S/C15H21N5O3S/c1-9(2)10(3)17-13(22)8-24-15-19-18-14(11-5-4-6-23-11)20(15)7-12(16)21/h4-6,9-10H,7-8H2,1-3H3,(H2,16,21)(H,17,22)/t10-/m1/s1. The van der Waals surface area contributed by atoms with Crippen LogP contribution in [0.25, 0.3) is 11.6 Å². The van der Waals surface area contributed by atoms with Crippen molar-refractivity contribution >= 4 is 23.6 Å². The molecule has 2 amide bonds. The average molecular weight is 351 g/mol. The molecule has 2 aromatic rings. The fourth-order valence-electron chi connectivity index (χ4n) is 1.87. The summed E-state index contributed by atoms with van der Waals surface area (Å²) in [5, 5.41) is 11.4. The molecule has 0 unspecified atom stereocenters. The second kappa shape index (κ2) is 8.00. The Morgan fingerprint density at radius 2 is 2.12 bits per heavy atom. The smallest absolute Gasteiger partial charge is 0.237 e. The lowest BCUT2D eigenvalue weighted by Gasteiger charge is -2.17. The number of thioether (sulfide) groups is 1. The Bertz CT molecular complexity index is 696. The number of amides is 2. The van der Waals surface area contributed by atoms with E-state index in [-0.39, 0.29) is 24.2 Å². The van der Waals surface area contributed by atoms with Gasteiger partial charge in [0, 0.05) is 6.04 Å². The minimum atomic E-state index is -0.526. The van der Waals surface area contributed by atoms with Gasteiger partial charge in [-0.05, 0) is 25.0 Å². The fourth-order valence-corrected chi connectivity index (χ4v) is 2.62. The van der Waals surface area contributed by atoms with Crippen LogP contribution in [0.1, 0.15) is 20.8 Å².